The quantitative estimate of drug-likeness (QED) is 0.836. The highest BCUT2D eigenvalue weighted by atomic mass is 35.5. The van der Waals surface area contributed by atoms with Crippen molar-refractivity contribution < 1.29 is 9.32 Å². The number of amides is 1. The molecule has 3 rings (SSSR count). The van der Waals surface area contributed by atoms with Crippen LogP contribution >= 0.6 is 23.2 Å². The Balaban J connectivity index is 1.78. The minimum atomic E-state index is -0.0948. The fourth-order valence-electron chi connectivity index (χ4n) is 2.68. The lowest BCUT2D eigenvalue weighted by Gasteiger charge is -2.31. The molecule has 1 aliphatic rings. The van der Waals surface area contributed by atoms with Crippen LogP contribution in [0.4, 0.5) is 0 Å². The van der Waals surface area contributed by atoms with Gasteiger partial charge in [0.25, 0.3) is 5.91 Å². The number of hydrogen-bond donors (Lipinski definition) is 0. The fraction of sp³-hybridized carbons (Fsp3) is 0.400. The molecule has 5 nitrogen and oxygen atoms in total. The Morgan fingerprint density at radius 2 is 2.23 bits per heavy atom. The molecule has 0 bridgehead atoms. The van der Waals surface area contributed by atoms with E-state index in [1.54, 1.807) is 30.0 Å². The Morgan fingerprint density at radius 3 is 2.91 bits per heavy atom. The van der Waals surface area contributed by atoms with E-state index in [4.69, 9.17) is 27.7 Å². The molecule has 1 fully saturated rings. The number of carbonyl (C=O) groups is 1. The van der Waals surface area contributed by atoms with Crippen molar-refractivity contribution in [2.45, 2.75) is 25.7 Å². The summed E-state index contributed by atoms with van der Waals surface area (Å²) >= 11 is 12.0. The number of benzene rings is 1. The van der Waals surface area contributed by atoms with Crippen LogP contribution in [-0.4, -0.2) is 34.0 Å². The van der Waals surface area contributed by atoms with Gasteiger partial charge in [0, 0.05) is 18.1 Å². The minimum Gasteiger partial charge on any atom is -0.339 e. The molecular weight excluding hydrogens is 325 g/mol. The average Bonchev–Trinajstić information content (AvgIpc) is 2.93. The molecular formula is C15H15Cl2N3O2. The van der Waals surface area contributed by atoms with Gasteiger partial charge < -0.3 is 9.42 Å². The third kappa shape index (κ3) is 3.10. The van der Waals surface area contributed by atoms with Gasteiger partial charge in [0.2, 0.25) is 5.89 Å². The highest BCUT2D eigenvalue weighted by Gasteiger charge is 2.29. The summed E-state index contributed by atoms with van der Waals surface area (Å²) in [4.78, 5) is 18.7. The molecule has 1 unspecified atom stereocenters. The molecule has 7 heteroatoms. The molecule has 1 aromatic carbocycles. The molecule has 2 heterocycles. The zero-order chi connectivity index (χ0) is 15.7. The molecule has 1 amide bonds. The van der Waals surface area contributed by atoms with E-state index in [-0.39, 0.29) is 11.8 Å². The van der Waals surface area contributed by atoms with Gasteiger partial charge in [0.1, 0.15) is 0 Å². The van der Waals surface area contributed by atoms with Gasteiger partial charge in [-0.3, -0.25) is 4.79 Å². The van der Waals surface area contributed by atoms with Crippen LogP contribution in [-0.2, 0) is 0 Å². The lowest BCUT2D eigenvalue weighted by atomic mass is 9.97. The number of carbonyl (C=O) groups excluding carboxylic acids is 1. The van der Waals surface area contributed by atoms with Gasteiger partial charge in [-0.15, -0.1) is 0 Å². The van der Waals surface area contributed by atoms with Gasteiger partial charge in [0.05, 0.1) is 16.5 Å². The second-order valence-corrected chi connectivity index (χ2v) is 6.24. The van der Waals surface area contributed by atoms with Crippen LogP contribution < -0.4 is 0 Å². The molecule has 0 aliphatic carbocycles. The van der Waals surface area contributed by atoms with Crippen molar-refractivity contribution in [2.24, 2.45) is 0 Å². The van der Waals surface area contributed by atoms with Gasteiger partial charge >= 0.3 is 0 Å². The van der Waals surface area contributed by atoms with E-state index in [2.05, 4.69) is 10.1 Å². The van der Waals surface area contributed by atoms with Crippen LogP contribution in [0.3, 0.4) is 0 Å². The SMILES string of the molecule is Cc1noc(C2CCCN(C(=O)c3ccc(Cl)cc3Cl)C2)n1. The van der Waals surface area contributed by atoms with Crippen molar-refractivity contribution in [3.05, 3.63) is 45.5 Å². The van der Waals surface area contributed by atoms with E-state index in [9.17, 15) is 4.79 Å². The van der Waals surface area contributed by atoms with Gasteiger partial charge in [-0.2, -0.15) is 4.98 Å². The van der Waals surface area contributed by atoms with Crippen LogP contribution in [0.2, 0.25) is 10.0 Å². The normalized spacial score (nSPS) is 18.5. The summed E-state index contributed by atoms with van der Waals surface area (Å²) in [6.45, 7) is 3.03. The van der Waals surface area contributed by atoms with E-state index in [1.807, 2.05) is 0 Å². The Morgan fingerprint density at radius 1 is 1.41 bits per heavy atom. The van der Waals surface area contributed by atoms with Crippen molar-refractivity contribution in [3.8, 4) is 0 Å². The van der Waals surface area contributed by atoms with Crippen molar-refractivity contribution in [1.82, 2.24) is 15.0 Å². The van der Waals surface area contributed by atoms with Gasteiger partial charge in [-0.25, -0.2) is 0 Å². The second-order valence-electron chi connectivity index (χ2n) is 5.39. The first-order valence-corrected chi connectivity index (χ1v) is 7.84. The lowest BCUT2D eigenvalue weighted by molar-refractivity contribution is 0.0696. The molecule has 116 valence electrons. The molecule has 0 radical (unpaired) electrons. The summed E-state index contributed by atoms with van der Waals surface area (Å²) in [5.74, 6) is 1.18. The Labute approximate surface area is 138 Å². The summed E-state index contributed by atoms with van der Waals surface area (Å²) in [6, 6.07) is 4.91. The van der Waals surface area contributed by atoms with Gasteiger partial charge in [0.15, 0.2) is 5.82 Å². The maximum absolute atomic E-state index is 12.6. The number of piperidine rings is 1. The minimum absolute atomic E-state index is 0.0741. The fourth-order valence-corrected chi connectivity index (χ4v) is 3.16. The third-order valence-electron chi connectivity index (χ3n) is 3.76. The lowest BCUT2D eigenvalue weighted by Crippen LogP contribution is -2.39. The Bertz CT molecular complexity index is 702. The first kappa shape index (κ1) is 15.3. The van der Waals surface area contributed by atoms with E-state index >= 15 is 0 Å². The smallest absolute Gasteiger partial charge is 0.255 e. The Hall–Kier alpha value is -1.59. The van der Waals surface area contributed by atoms with Crippen LogP contribution in [0.1, 0.15) is 40.8 Å². The van der Waals surface area contributed by atoms with Crippen LogP contribution in [0.15, 0.2) is 22.7 Å². The van der Waals surface area contributed by atoms with Crippen LogP contribution in [0.25, 0.3) is 0 Å². The van der Waals surface area contributed by atoms with E-state index < -0.39 is 0 Å². The molecule has 1 aliphatic heterocycles. The predicted octanol–water partition coefficient (Wildman–Crippen LogP) is 3.70. The summed E-state index contributed by atoms with van der Waals surface area (Å²) < 4.78 is 5.23. The van der Waals surface area contributed by atoms with Crippen molar-refractivity contribution >= 4 is 29.1 Å². The molecule has 1 aromatic heterocycles. The molecule has 22 heavy (non-hydrogen) atoms. The molecule has 2 aromatic rings. The average molecular weight is 340 g/mol. The number of aryl methyl sites for hydroxylation is 1. The topological polar surface area (TPSA) is 59.2 Å². The first-order chi connectivity index (χ1) is 10.5. The predicted molar refractivity (Wildman–Crippen MR) is 83.4 cm³/mol. The standard InChI is InChI=1S/C15H15Cl2N3O2/c1-9-18-14(22-19-9)10-3-2-6-20(8-10)15(21)12-5-4-11(16)7-13(12)17/h4-5,7,10H,2-3,6,8H2,1H3. The highest BCUT2D eigenvalue weighted by Crippen LogP contribution is 2.28. The summed E-state index contributed by atoms with van der Waals surface area (Å²) in [7, 11) is 0. The van der Waals surface area contributed by atoms with E-state index in [0.717, 1.165) is 12.8 Å². The van der Waals surface area contributed by atoms with Crippen LogP contribution in [0, 0.1) is 6.92 Å². The largest absolute Gasteiger partial charge is 0.339 e. The number of rotatable bonds is 2. The summed E-state index contributed by atoms with van der Waals surface area (Å²) in [5, 5.41) is 4.70. The number of halogens is 2. The van der Waals surface area contributed by atoms with Crippen molar-refractivity contribution in [1.29, 1.82) is 0 Å². The summed E-state index contributed by atoms with van der Waals surface area (Å²) in [6.07, 6.45) is 1.82. The number of nitrogens with zero attached hydrogens (tertiary/aromatic N) is 3. The summed E-state index contributed by atoms with van der Waals surface area (Å²) in [5.41, 5.74) is 0.466. The van der Waals surface area contributed by atoms with E-state index in [1.165, 1.54) is 0 Å². The number of hydrogen-bond acceptors (Lipinski definition) is 4. The first-order valence-electron chi connectivity index (χ1n) is 7.09. The van der Waals surface area contributed by atoms with Crippen molar-refractivity contribution in [2.75, 3.05) is 13.1 Å². The highest BCUT2D eigenvalue weighted by molar-refractivity contribution is 6.36. The Kier molecular flexibility index (Phi) is 4.36. The molecule has 1 atom stereocenters. The molecule has 0 saturated carbocycles. The number of likely N-dealkylation sites (tertiary alicyclic amines) is 1. The molecule has 0 spiro atoms. The maximum atomic E-state index is 12.6. The number of aromatic nitrogens is 2. The zero-order valence-corrected chi connectivity index (χ0v) is 13.6. The zero-order valence-electron chi connectivity index (χ0n) is 12.1. The van der Waals surface area contributed by atoms with Crippen LogP contribution in [0.5, 0.6) is 0 Å². The molecule has 1 saturated heterocycles. The third-order valence-corrected chi connectivity index (χ3v) is 4.31. The van der Waals surface area contributed by atoms with Gasteiger partial charge in [-0.1, -0.05) is 28.4 Å². The van der Waals surface area contributed by atoms with Gasteiger partial charge in [-0.05, 0) is 38.0 Å². The maximum Gasteiger partial charge on any atom is 0.255 e. The monoisotopic (exact) mass is 339 g/mol. The molecule has 0 N–H and O–H groups in total. The van der Waals surface area contributed by atoms with Crippen molar-refractivity contribution in [3.63, 3.8) is 0 Å². The van der Waals surface area contributed by atoms with E-state index in [0.29, 0.717) is 40.4 Å². The second kappa shape index (κ2) is 6.26.